The predicted molar refractivity (Wildman–Crippen MR) is 75.6 cm³/mol. The smallest absolute Gasteiger partial charge is 0.319 e. The minimum absolute atomic E-state index is 0.0154. The summed E-state index contributed by atoms with van der Waals surface area (Å²) >= 11 is 0. The Morgan fingerprint density at radius 3 is 2.95 bits per heavy atom. The molecule has 1 aliphatic heterocycles. The average molecular weight is 300 g/mol. The van der Waals surface area contributed by atoms with Crippen LogP contribution in [0.1, 0.15) is 54.8 Å². The fraction of sp³-hybridized carbons (Fsp3) is 0.667. The highest BCUT2D eigenvalue weighted by atomic mass is 19.3. The Balaban J connectivity index is 1.72. The van der Waals surface area contributed by atoms with Crippen molar-refractivity contribution in [2.75, 3.05) is 13.2 Å². The Kier molecular flexibility index (Phi) is 5.73. The normalized spacial score (nSPS) is 18.4. The number of aromatic nitrogens is 1. The van der Waals surface area contributed by atoms with Crippen LogP contribution in [0, 0.1) is 6.92 Å². The Morgan fingerprint density at radius 1 is 1.48 bits per heavy atom. The number of alkyl halides is 2. The molecule has 1 saturated heterocycles. The van der Waals surface area contributed by atoms with Crippen LogP contribution in [0.15, 0.2) is 12.1 Å². The van der Waals surface area contributed by atoms with Crippen LogP contribution in [0.3, 0.4) is 0 Å². The second-order valence-electron chi connectivity index (χ2n) is 5.39. The number of halogens is 2. The van der Waals surface area contributed by atoms with E-state index >= 15 is 0 Å². The van der Waals surface area contributed by atoms with Gasteiger partial charge in [-0.15, -0.1) is 0 Å². The molecule has 1 aromatic heterocycles. The third kappa shape index (κ3) is 4.27. The highest BCUT2D eigenvalue weighted by molar-refractivity contribution is 5.92. The lowest BCUT2D eigenvalue weighted by Crippen LogP contribution is -2.27. The molecule has 118 valence electrons. The number of carbonyl (C=O) groups is 1. The van der Waals surface area contributed by atoms with Gasteiger partial charge in [-0.05, 0) is 51.2 Å². The first-order valence-corrected chi connectivity index (χ1v) is 7.45. The van der Waals surface area contributed by atoms with E-state index in [-0.39, 0.29) is 5.69 Å². The molecule has 6 heteroatoms. The topological polar surface area (TPSA) is 43.3 Å². The molecular formula is C15H22F2N2O2. The van der Waals surface area contributed by atoms with E-state index in [1.165, 1.54) is 12.1 Å². The summed E-state index contributed by atoms with van der Waals surface area (Å²) < 4.78 is 32.0. The zero-order valence-electron chi connectivity index (χ0n) is 12.3. The number of carbonyl (C=O) groups excluding carboxylic acids is 1. The van der Waals surface area contributed by atoms with E-state index in [4.69, 9.17) is 4.74 Å². The molecule has 1 N–H and O–H groups in total. The van der Waals surface area contributed by atoms with Crippen LogP contribution in [0.4, 0.5) is 8.78 Å². The van der Waals surface area contributed by atoms with Crippen LogP contribution >= 0.6 is 0 Å². The maximum absolute atomic E-state index is 12.9. The first-order valence-electron chi connectivity index (χ1n) is 7.45. The van der Waals surface area contributed by atoms with Crippen molar-refractivity contribution in [3.63, 3.8) is 0 Å². The molecule has 1 aliphatic rings. The van der Waals surface area contributed by atoms with Gasteiger partial charge < -0.3 is 10.1 Å². The van der Waals surface area contributed by atoms with Gasteiger partial charge in [0.15, 0.2) is 0 Å². The Bertz CT molecular complexity index is 468. The molecule has 1 aromatic rings. The monoisotopic (exact) mass is 300 g/mol. The molecule has 2 rings (SSSR count). The van der Waals surface area contributed by atoms with E-state index in [9.17, 15) is 13.6 Å². The van der Waals surface area contributed by atoms with Crippen molar-refractivity contribution < 1.29 is 18.3 Å². The standard InChI is InChI=1S/C15H22F2N2O2/c1-11-7-8-13(19(11)15(16)17)14(20)18-9-3-2-5-12-6-4-10-21-12/h7-8,12,15H,2-6,9-10H2,1H3,(H,18,20)/t12-/m1/s1. The van der Waals surface area contributed by atoms with Gasteiger partial charge in [-0.25, -0.2) is 0 Å². The van der Waals surface area contributed by atoms with Gasteiger partial charge in [-0.2, -0.15) is 8.78 Å². The Morgan fingerprint density at radius 2 is 2.29 bits per heavy atom. The number of hydrogen-bond donors (Lipinski definition) is 1. The van der Waals surface area contributed by atoms with Gasteiger partial charge in [-0.3, -0.25) is 9.36 Å². The number of amides is 1. The summed E-state index contributed by atoms with van der Waals surface area (Å²) in [7, 11) is 0. The molecule has 4 nitrogen and oxygen atoms in total. The molecule has 0 aliphatic carbocycles. The quantitative estimate of drug-likeness (QED) is 0.785. The first kappa shape index (κ1) is 15.9. The number of nitrogens with zero attached hydrogens (tertiary/aromatic N) is 1. The van der Waals surface area contributed by atoms with Crippen LogP contribution in [0.2, 0.25) is 0 Å². The molecule has 0 saturated carbocycles. The van der Waals surface area contributed by atoms with E-state index in [2.05, 4.69) is 5.32 Å². The van der Waals surface area contributed by atoms with Crippen molar-refractivity contribution in [1.82, 2.24) is 9.88 Å². The molecule has 2 heterocycles. The summed E-state index contributed by atoms with van der Waals surface area (Å²) in [5.41, 5.74) is 0.398. The number of nitrogens with one attached hydrogen (secondary N) is 1. The second-order valence-corrected chi connectivity index (χ2v) is 5.39. The largest absolute Gasteiger partial charge is 0.378 e. The van der Waals surface area contributed by atoms with Crippen LogP contribution in [-0.2, 0) is 4.74 Å². The van der Waals surface area contributed by atoms with Crippen molar-refractivity contribution in [2.45, 2.75) is 51.7 Å². The van der Waals surface area contributed by atoms with Gasteiger partial charge in [0, 0.05) is 18.8 Å². The van der Waals surface area contributed by atoms with E-state index in [1.54, 1.807) is 6.92 Å². The summed E-state index contributed by atoms with van der Waals surface area (Å²) in [5.74, 6) is -0.444. The second kappa shape index (κ2) is 7.54. The third-order valence-electron chi connectivity index (χ3n) is 3.81. The molecule has 0 radical (unpaired) electrons. The number of aryl methyl sites for hydroxylation is 1. The average Bonchev–Trinajstić information content (AvgIpc) is 3.07. The minimum Gasteiger partial charge on any atom is -0.378 e. The van der Waals surface area contributed by atoms with Crippen molar-refractivity contribution in [1.29, 1.82) is 0 Å². The molecule has 1 amide bonds. The molecule has 0 aromatic carbocycles. The Labute approximate surface area is 123 Å². The van der Waals surface area contributed by atoms with Gasteiger partial charge in [0.05, 0.1) is 6.10 Å². The lowest BCUT2D eigenvalue weighted by Gasteiger charge is -2.11. The third-order valence-corrected chi connectivity index (χ3v) is 3.81. The molecule has 1 atom stereocenters. The van der Waals surface area contributed by atoms with Gasteiger partial charge in [0.1, 0.15) is 5.69 Å². The van der Waals surface area contributed by atoms with Crippen LogP contribution in [-0.4, -0.2) is 29.7 Å². The lowest BCUT2D eigenvalue weighted by molar-refractivity contribution is 0.0617. The highest BCUT2D eigenvalue weighted by Crippen LogP contribution is 2.19. The first-order chi connectivity index (χ1) is 10.1. The summed E-state index contributed by atoms with van der Waals surface area (Å²) in [6.45, 7) is 0.217. The van der Waals surface area contributed by atoms with Crippen LogP contribution < -0.4 is 5.32 Å². The maximum atomic E-state index is 12.9. The minimum atomic E-state index is -2.69. The number of hydrogen-bond acceptors (Lipinski definition) is 2. The summed E-state index contributed by atoms with van der Waals surface area (Å²) in [6.07, 6.45) is 5.42. The predicted octanol–water partition coefficient (Wildman–Crippen LogP) is 3.27. The Hall–Kier alpha value is -1.43. The van der Waals surface area contributed by atoms with Crippen LogP contribution in [0.25, 0.3) is 0 Å². The van der Waals surface area contributed by atoms with Gasteiger partial charge in [0.25, 0.3) is 5.91 Å². The van der Waals surface area contributed by atoms with Gasteiger partial charge in [0.2, 0.25) is 0 Å². The van der Waals surface area contributed by atoms with Crippen LogP contribution in [0.5, 0.6) is 0 Å². The summed E-state index contributed by atoms with van der Waals surface area (Å²) in [6, 6.07) is 2.96. The van der Waals surface area contributed by atoms with E-state index < -0.39 is 12.5 Å². The molecule has 0 bridgehead atoms. The lowest BCUT2D eigenvalue weighted by atomic mass is 10.1. The van der Waals surface area contributed by atoms with E-state index in [0.717, 1.165) is 43.3 Å². The van der Waals surface area contributed by atoms with E-state index in [1.807, 2.05) is 0 Å². The number of ether oxygens (including phenoxy) is 1. The van der Waals surface area contributed by atoms with Gasteiger partial charge in [-0.1, -0.05) is 0 Å². The zero-order valence-corrected chi connectivity index (χ0v) is 12.3. The molecule has 1 fully saturated rings. The molecule has 0 spiro atoms. The SMILES string of the molecule is Cc1ccc(C(=O)NCCCC[C@@H]2CCCO2)n1C(F)F. The molecule has 21 heavy (non-hydrogen) atoms. The molecule has 0 unspecified atom stereocenters. The fourth-order valence-corrected chi connectivity index (χ4v) is 2.66. The van der Waals surface area contributed by atoms with E-state index in [0.29, 0.717) is 18.3 Å². The number of unbranched alkanes of at least 4 members (excludes halogenated alkanes) is 1. The molecular weight excluding hydrogens is 278 g/mol. The van der Waals surface area contributed by atoms with Crippen molar-refractivity contribution in [2.24, 2.45) is 0 Å². The van der Waals surface area contributed by atoms with Crippen molar-refractivity contribution >= 4 is 5.91 Å². The number of rotatable bonds is 7. The fourth-order valence-electron chi connectivity index (χ4n) is 2.66. The summed E-state index contributed by atoms with van der Waals surface area (Å²) in [4.78, 5) is 11.9. The van der Waals surface area contributed by atoms with Gasteiger partial charge >= 0.3 is 6.55 Å². The maximum Gasteiger partial charge on any atom is 0.319 e. The van der Waals surface area contributed by atoms with Crippen molar-refractivity contribution in [3.05, 3.63) is 23.5 Å². The zero-order chi connectivity index (χ0) is 15.2. The summed E-state index contributed by atoms with van der Waals surface area (Å²) in [5, 5.41) is 2.70. The highest BCUT2D eigenvalue weighted by Gasteiger charge is 2.19. The van der Waals surface area contributed by atoms with Crippen molar-refractivity contribution in [3.8, 4) is 0 Å².